The van der Waals surface area contributed by atoms with Crippen LogP contribution in [0.2, 0.25) is 0 Å². The predicted octanol–water partition coefficient (Wildman–Crippen LogP) is 14.9. The molecule has 1 aliphatic heterocycles. The molecular weight excluding hydrogens is 701 g/mol. The van der Waals surface area contributed by atoms with E-state index in [0.29, 0.717) is 0 Å². The van der Waals surface area contributed by atoms with E-state index in [9.17, 15) is 0 Å². The van der Waals surface area contributed by atoms with E-state index >= 15 is 0 Å². The van der Waals surface area contributed by atoms with Crippen molar-refractivity contribution in [2.45, 2.75) is 84.5 Å². The van der Waals surface area contributed by atoms with Crippen LogP contribution in [0.25, 0.3) is 34.4 Å². The minimum Gasteiger partial charge on any atom is -0.341 e. The molecule has 10 rings (SSSR count). The van der Waals surface area contributed by atoms with E-state index in [2.05, 4.69) is 197 Å². The fraction of sp³-hybridized carbons (Fsp3) is 0.250. The molecule has 0 atom stereocenters. The van der Waals surface area contributed by atoms with Crippen molar-refractivity contribution >= 4 is 34.9 Å². The Balaban J connectivity index is 0.942. The Labute approximate surface area is 345 Å². The lowest BCUT2D eigenvalue weighted by molar-refractivity contribution is 0.659. The van der Waals surface area contributed by atoms with Crippen molar-refractivity contribution < 1.29 is 0 Å². The molecule has 1 heterocycles. The molecule has 0 saturated heterocycles. The first-order valence-electron chi connectivity index (χ1n) is 21.5. The summed E-state index contributed by atoms with van der Waals surface area (Å²) in [7, 11) is 0. The third kappa shape index (κ3) is 5.83. The van der Waals surface area contributed by atoms with Crippen LogP contribution in [0.5, 0.6) is 0 Å². The monoisotopic (exact) mass is 754 g/mol. The Morgan fingerprint density at radius 3 is 1.93 bits per heavy atom. The molecule has 0 N–H and O–H groups in total. The van der Waals surface area contributed by atoms with Gasteiger partial charge >= 0.3 is 0 Å². The first-order valence-corrected chi connectivity index (χ1v) is 21.5. The standard InChI is InChI=1S/C56H54N2/c1-7-40-16-9-13-21-54(40)58(52-19-11-8-15-37(52)2)43-27-31-47-45-29-25-39(34-49(45)56(5,6)51(47)36-43)23-22-38-24-28-44-46-30-26-42(35-50(46)55(3,4)48(44)33-38)57-32-14-18-41-17-10-12-20-53(41)57/h9-13,16-17,19-31,33-36H,7-8,14-15,18,32H2,1-6H3/b23-22+. The molecule has 6 aromatic carbocycles. The Bertz CT molecular complexity index is 2720. The molecule has 3 aliphatic carbocycles. The average molecular weight is 755 g/mol. The number of hydrogen-bond donors (Lipinski definition) is 0. The third-order valence-electron chi connectivity index (χ3n) is 13.8. The second kappa shape index (κ2) is 13.9. The second-order valence-corrected chi connectivity index (χ2v) is 18.0. The van der Waals surface area contributed by atoms with Gasteiger partial charge in [0.05, 0.1) is 0 Å². The summed E-state index contributed by atoms with van der Waals surface area (Å²) >= 11 is 0. The Hall–Kier alpha value is -5.86. The van der Waals surface area contributed by atoms with Crippen LogP contribution in [-0.2, 0) is 23.7 Å². The number of hydrogen-bond acceptors (Lipinski definition) is 2. The van der Waals surface area contributed by atoms with E-state index in [-0.39, 0.29) is 10.8 Å². The highest BCUT2D eigenvalue weighted by molar-refractivity contribution is 5.88. The van der Waals surface area contributed by atoms with Gasteiger partial charge in [-0.15, -0.1) is 0 Å². The van der Waals surface area contributed by atoms with Crippen LogP contribution in [0.15, 0.2) is 145 Å². The second-order valence-electron chi connectivity index (χ2n) is 18.0. The molecule has 0 fully saturated rings. The maximum absolute atomic E-state index is 2.52. The zero-order valence-electron chi connectivity index (χ0n) is 35.0. The number of fused-ring (bicyclic) bond motifs is 7. The summed E-state index contributed by atoms with van der Waals surface area (Å²) in [4.78, 5) is 5.04. The molecule has 6 aromatic rings. The maximum Gasteiger partial charge on any atom is 0.0493 e. The van der Waals surface area contributed by atoms with Crippen LogP contribution in [0.4, 0.5) is 22.7 Å². The van der Waals surface area contributed by atoms with Crippen LogP contribution in [-0.4, -0.2) is 6.54 Å². The van der Waals surface area contributed by atoms with Crippen molar-refractivity contribution in [1.82, 2.24) is 0 Å². The quantitative estimate of drug-likeness (QED) is 0.150. The summed E-state index contributed by atoms with van der Waals surface area (Å²) in [6, 6.07) is 46.3. The van der Waals surface area contributed by atoms with Crippen LogP contribution >= 0.6 is 0 Å². The highest BCUT2D eigenvalue weighted by Gasteiger charge is 2.38. The number of aryl methyl sites for hydroxylation is 2. The predicted molar refractivity (Wildman–Crippen MR) is 248 cm³/mol. The number of nitrogens with zero attached hydrogens (tertiary/aromatic N) is 2. The summed E-state index contributed by atoms with van der Waals surface area (Å²) in [6.07, 6.45) is 14.8. The van der Waals surface area contributed by atoms with Gasteiger partial charge < -0.3 is 9.80 Å². The minimum absolute atomic E-state index is 0.0846. The van der Waals surface area contributed by atoms with Crippen molar-refractivity contribution in [1.29, 1.82) is 0 Å². The molecule has 288 valence electrons. The fourth-order valence-corrected chi connectivity index (χ4v) is 10.5. The minimum atomic E-state index is -0.134. The van der Waals surface area contributed by atoms with Gasteiger partial charge in [0.15, 0.2) is 0 Å². The van der Waals surface area contributed by atoms with Gasteiger partial charge in [-0.25, -0.2) is 0 Å². The van der Waals surface area contributed by atoms with Crippen LogP contribution in [0.3, 0.4) is 0 Å². The lowest BCUT2D eigenvalue weighted by Gasteiger charge is -2.32. The van der Waals surface area contributed by atoms with E-state index in [1.54, 1.807) is 0 Å². The highest BCUT2D eigenvalue weighted by Crippen LogP contribution is 2.53. The molecular formula is C56H54N2. The first-order chi connectivity index (χ1) is 28.1. The summed E-state index contributed by atoms with van der Waals surface area (Å²) in [6.45, 7) is 15.2. The summed E-state index contributed by atoms with van der Waals surface area (Å²) in [5.74, 6) is 0. The van der Waals surface area contributed by atoms with Crippen molar-refractivity contribution in [2.75, 3.05) is 16.3 Å². The van der Waals surface area contributed by atoms with Gasteiger partial charge in [0, 0.05) is 45.8 Å². The topological polar surface area (TPSA) is 6.48 Å². The SMILES string of the molecule is CCc1ccccc1N(C1=C(C)CCC=C1)c1ccc2c(c1)C(C)(C)c1cc(/C=C/c3ccc4c(c3)C(C)(C)c3cc(N5CCCc6ccccc65)ccc3-4)ccc1-2. The Morgan fingerprint density at radius 1 is 0.638 bits per heavy atom. The largest absolute Gasteiger partial charge is 0.341 e. The van der Waals surface area contributed by atoms with Gasteiger partial charge in [-0.2, -0.15) is 0 Å². The van der Waals surface area contributed by atoms with Crippen molar-refractivity contribution in [3.8, 4) is 22.3 Å². The molecule has 0 amide bonds. The molecule has 4 aliphatic rings. The van der Waals surface area contributed by atoms with Crippen molar-refractivity contribution in [3.63, 3.8) is 0 Å². The first kappa shape index (κ1) is 36.5. The van der Waals surface area contributed by atoms with E-state index < -0.39 is 0 Å². The molecule has 58 heavy (non-hydrogen) atoms. The summed E-state index contributed by atoms with van der Waals surface area (Å²) < 4.78 is 0. The summed E-state index contributed by atoms with van der Waals surface area (Å²) in [5, 5.41) is 0. The molecule has 0 radical (unpaired) electrons. The molecule has 0 unspecified atom stereocenters. The maximum atomic E-state index is 2.52. The van der Waals surface area contributed by atoms with E-state index in [0.717, 1.165) is 32.2 Å². The van der Waals surface area contributed by atoms with Gasteiger partial charge in [-0.3, -0.25) is 0 Å². The fourth-order valence-electron chi connectivity index (χ4n) is 10.5. The third-order valence-corrected chi connectivity index (χ3v) is 13.8. The molecule has 0 aromatic heterocycles. The molecule has 0 bridgehead atoms. The van der Waals surface area contributed by atoms with Crippen LogP contribution < -0.4 is 9.80 Å². The number of allylic oxidation sites excluding steroid dienone is 3. The number of benzene rings is 6. The lowest BCUT2D eigenvalue weighted by Crippen LogP contribution is -2.25. The van der Waals surface area contributed by atoms with E-state index in [1.807, 2.05) is 0 Å². The van der Waals surface area contributed by atoms with Gasteiger partial charge in [0.1, 0.15) is 0 Å². The van der Waals surface area contributed by atoms with Crippen molar-refractivity contribution in [2.24, 2.45) is 0 Å². The highest BCUT2D eigenvalue weighted by atomic mass is 15.2. The normalized spacial score (nSPS) is 16.9. The van der Waals surface area contributed by atoms with Crippen LogP contribution in [0, 0.1) is 0 Å². The smallest absolute Gasteiger partial charge is 0.0493 e. The van der Waals surface area contributed by atoms with E-state index in [4.69, 9.17) is 0 Å². The number of rotatable bonds is 7. The molecule has 2 heteroatoms. The molecule has 2 nitrogen and oxygen atoms in total. The zero-order chi connectivity index (χ0) is 39.8. The van der Waals surface area contributed by atoms with Gasteiger partial charge in [-0.1, -0.05) is 138 Å². The average Bonchev–Trinajstić information content (AvgIpc) is 3.61. The zero-order valence-corrected chi connectivity index (χ0v) is 35.0. The summed E-state index contributed by atoms with van der Waals surface area (Å²) in [5.41, 5.74) is 24.1. The lowest BCUT2D eigenvalue weighted by atomic mass is 9.81. The van der Waals surface area contributed by atoms with Crippen LogP contribution in [0.1, 0.15) is 105 Å². The molecule has 0 spiro atoms. The molecule has 0 saturated carbocycles. The Morgan fingerprint density at radius 2 is 1.24 bits per heavy atom. The Kier molecular flexibility index (Phi) is 8.75. The van der Waals surface area contributed by atoms with E-state index in [1.165, 1.54) is 107 Å². The van der Waals surface area contributed by atoms with Gasteiger partial charge in [0.2, 0.25) is 0 Å². The number of anilines is 4. The van der Waals surface area contributed by atoms with Crippen molar-refractivity contribution in [3.05, 3.63) is 189 Å². The van der Waals surface area contributed by atoms with Gasteiger partial charge in [0.25, 0.3) is 0 Å². The van der Waals surface area contributed by atoms with Gasteiger partial charge in [-0.05, 0) is 154 Å². The number of para-hydroxylation sites is 2.